The molecule has 0 bridgehead atoms. The summed E-state index contributed by atoms with van der Waals surface area (Å²) in [5, 5.41) is 8.19. The number of benzene rings is 1. The van der Waals surface area contributed by atoms with Crippen molar-refractivity contribution in [2.75, 3.05) is 26.3 Å². The topological polar surface area (TPSA) is 51.4 Å². The first-order chi connectivity index (χ1) is 9.31. The molecule has 0 spiro atoms. The van der Waals surface area contributed by atoms with Crippen LogP contribution in [0.3, 0.4) is 0 Å². The van der Waals surface area contributed by atoms with E-state index in [0.717, 1.165) is 36.3 Å². The van der Waals surface area contributed by atoms with E-state index in [-0.39, 0.29) is 0 Å². The number of aromatic nitrogens is 2. The fourth-order valence-corrected chi connectivity index (χ4v) is 2.24. The molecule has 1 aromatic heterocycles. The molecule has 3 rings (SSSR count). The Morgan fingerprint density at radius 2 is 1.84 bits per heavy atom. The normalized spacial score (nSPS) is 16.7. The molecule has 0 saturated carbocycles. The van der Waals surface area contributed by atoms with Gasteiger partial charge >= 0.3 is 0 Å². The van der Waals surface area contributed by atoms with Crippen molar-refractivity contribution in [3.05, 3.63) is 34.6 Å². The molecule has 0 N–H and O–H groups in total. The van der Waals surface area contributed by atoms with Crippen LogP contribution >= 0.6 is 15.9 Å². The van der Waals surface area contributed by atoms with Gasteiger partial charge in [-0.05, 0) is 24.3 Å². The Bertz CT molecular complexity index is 535. The predicted molar refractivity (Wildman–Crippen MR) is 73.5 cm³/mol. The maximum atomic E-state index is 5.69. The first kappa shape index (κ1) is 12.8. The summed E-state index contributed by atoms with van der Waals surface area (Å²) in [4.78, 5) is 2.25. The van der Waals surface area contributed by atoms with E-state index < -0.39 is 0 Å². The van der Waals surface area contributed by atoms with Gasteiger partial charge in [0.15, 0.2) is 0 Å². The third-order valence-corrected chi connectivity index (χ3v) is 3.55. The second kappa shape index (κ2) is 5.81. The van der Waals surface area contributed by atoms with Crippen LogP contribution in [0.1, 0.15) is 5.89 Å². The molecule has 6 heteroatoms. The van der Waals surface area contributed by atoms with Gasteiger partial charge in [-0.3, -0.25) is 4.90 Å². The van der Waals surface area contributed by atoms with Gasteiger partial charge in [-0.1, -0.05) is 15.9 Å². The highest BCUT2D eigenvalue weighted by molar-refractivity contribution is 9.10. The Morgan fingerprint density at radius 3 is 2.58 bits per heavy atom. The van der Waals surface area contributed by atoms with Crippen molar-refractivity contribution < 1.29 is 9.15 Å². The Labute approximate surface area is 119 Å². The molecule has 0 amide bonds. The molecule has 5 nitrogen and oxygen atoms in total. The molecule has 0 aliphatic carbocycles. The molecule has 1 aliphatic rings. The van der Waals surface area contributed by atoms with Crippen molar-refractivity contribution >= 4 is 15.9 Å². The average molecular weight is 324 g/mol. The molecule has 1 aromatic carbocycles. The first-order valence-corrected chi connectivity index (χ1v) is 6.99. The predicted octanol–water partition coefficient (Wildman–Crippen LogP) is 2.33. The Hall–Kier alpha value is -1.24. The summed E-state index contributed by atoms with van der Waals surface area (Å²) in [5.74, 6) is 1.22. The fraction of sp³-hybridized carbons (Fsp3) is 0.385. The zero-order valence-corrected chi connectivity index (χ0v) is 12.0. The van der Waals surface area contributed by atoms with Crippen LogP contribution in [0, 0.1) is 0 Å². The second-order valence-corrected chi connectivity index (χ2v) is 5.31. The van der Waals surface area contributed by atoms with E-state index in [1.165, 1.54) is 0 Å². The first-order valence-electron chi connectivity index (χ1n) is 6.20. The summed E-state index contributed by atoms with van der Waals surface area (Å²) < 4.78 is 12.0. The fourth-order valence-electron chi connectivity index (χ4n) is 1.98. The van der Waals surface area contributed by atoms with E-state index in [1.54, 1.807) is 0 Å². The summed E-state index contributed by atoms with van der Waals surface area (Å²) in [6.45, 7) is 4.06. The number of morpholine rings is 1. The van der Waals surface area contributed by atoms with E-state index in [4.69, 9.17) is 9.15 Å². The van der Waals surface area contributed by atoms with E-state index in [1.807, 2.05) is 24.3 Å². The van der Waals surface area contributed by atoms with Crippen LogP contribution in [-0.4, -0.2) is 41.4 Å². The van der Waals surface area contributed by atoms with Crippen LogP contribution in [0.4, 0.5) is 0 Å². The van der Waals surface area contributed by atoms with Crippen LogP contribution in [0.15, 0.2) is 33.2 Å². The quantitative estimate of drug-likeness (QED) is 0.867. The highest BCUT2D eigenvalue weighted by atomic mass is 79.9. The standard InChI is InChI=1S/C13H14BrN3O2/c14-11-3-1-10(2-4-11)13-16-15-12(19-13)9-17-5-7-18-8-6-17/h1-4H,5-9H2. The van der Waals surface area contributed by atoms with Crippen molar-refractivity contribution in [3.8, 4) is 11.5 Å². The van der Waals surface area contributed by atoms with Crippen molar-refractivity contribution in [3.63, 3.8) is 0 Å². The van der Waals surface area contributed by atoms with Gasteiger partial charge in [-0.2, -0.15) is 0 Å². The zero-order valence-electron chi connectivity index (χ0n) is 10.4. The van der Waals surface area contributed by atoms with Gasteiger partial charge in [0, 0.05) is 23.1 Å². The largest absolute Gasteiger partial charge is 0.419 e. The van der Waals surface area contributed by atoms with Crippen LogP contribution in [-0.2, 0) is 11.3 Å². The SMILES string of the molecule is Brc1ccc(-c2nnc(CN3CCOCC3)o2)cc1. The maximum Gasteiger partial charge on any atom is 0.247 e. The Kier molecular flexibility index (Phi) is 3.91. The van der Waals surface area contributed by atoms with Gasteiger partial charge in [0.2, 0.25) is 11.8 Å². The van der Waals surface area contributed by atoms with Crippen molar-refractivity contribution in [2.24, 2.45) is 0 Å². The maximum absolute atomic E-state index is 5.69. The second-order valence-electron chi connectivity index (χ2n) is 4.40. The molecular formula is C13H14BrN3O2. The van der Waals surface area contributed by atoms with E-state index in [9.17, 15) is 0 Å². The van der Waals surface area contributed by atoms with Crippen LogP contribution < -0.4 is 0 Å². The molecule has 19 heavy (non-hydrogen) atoms. The minimum Gasteiger partial charge on any atom is -0.419 e. The molecular weight excluding hydrogens is 310 g/mol. The monoisotopic (exact) mass is 323 g/mol. The lowest BCUT2D eigenvalue weighted by atomic mass is 10.2. The van der Waals surface area contributed by atoms with Crippen LogP contribution in [0.5, 0.6) is 0 Å². The van der Waals surface area contributed by atoms with Gasteiger partial charge in [0.1, 0.15) is 0 Å². The minimum atomic E-state index is 0.566. The number of halogens is 1. The highest BCUT2D eigenvalue weighted by Crippen LogP contribution is 2.20. The minimum absolute atomic E-state index is 0.566. The lowest BCUT2D eigenvalue weighted by molar-refractivity contribution is 0.0306. The van der Waals surface area contributed by atoms with Gasteiger partial charge in [-0.25, -0.2) is 0 Å². The van der Waals surface area contributed by atoms with Crippen LogP contribution in [0.25, 0.3) is 11.5 Å². The third kappa shape index (κ3) is 3.20. The molecule has 100 valence electrons. The molecule has 0 radical (unpaired) electrons. The zero-order chi connectivity index (χ0) is 13.1. The highest BCUT2D eigenvalue weighted by Gasteiger charge is 2.15. The summed E-state index contributed by atoms with van der Waals surface area (Å²) in [7, 11) is 0. The molecule has 2 aromatic rings. The number of hydrogen-bond donors (Lipinski definition) is 0. The molecule has 0 unspecified atom stereocenters. The van der Waals surface area contributed by atoms with Gasteiger partial charge in [0.25, 0.3) is 0 Å². The van der Waals surface area contributed by atoms with E-state index >= 15 is 0 Å². The van der Waals surface area contributed by atoms with Gasteiger partial charge in [-0.15, -0.1) is 10.2 Å². The van der Waals surface area contributed by atoms with Crippen molar-refractivity contribution in [1.82, 2.24) is 15.1 Å². The van der Waals surface area contributed by atoms with Gasteiger partial charge in [0.05, 0.1) is 19.8 Å². The average Bonchev–Trinajstić information content (AvgIpc) is 2.89. The van der Waals surface area contributed by atoms with Crippen LogP contribution in [0.2, 0.25) is 0 Å². The Balaban J connectivity index is 1.70. The third-order valence-electron chi connectivity index (χ3n) is 3.02. The lowest BCUT2D eigenvalue weighted by Crippen LogP contribution is -2.35. The van der Waals surface area contributed by atoms with Gasteiger partial charge < -0.3 is 9.15 Å². The Morgan fingerprint density at radius 1 is 1.11 bits per heavy atom. The number of ether oxygens (including phenoxy) is 1. The van der Waals surface area contributed by atoms with E-state index in [2.05, 4.69) is 31.0 Å². The summed E-state index contributed by atoms with van der Waals surface area (Å²) >= 11 is 3.40. The molecule has 0 atom stereocenters. The van der Waals surface area contributed by atoms with Crippen molar-refractivity contribution in [1.29, 1.82) is 0 Å². The number of hydrogen-bond acceptors (Lipinski definition) is 5. The van der Waals surface area contributed by atoms with Crippen molar-refractivity contribution in [2.45, 2.75) is 6.54 Å². The summed E-state index contributed by atoms with van der Waals surface area (Å²) in [6, 6.07) is 7.83. The smallest absolute Gasteiger partial charge is 0.247 e. The molecule has 1 fully saturated rings. The molecule has 1 aliphatic heterocycles. The summed E-state index contributed by atoms with van der Waals surface area (Å²) in [5.41, 5.74) is 0.934. The molecule has 2 heterocycles. The lowest BCUT2D eigenvalue weighted by Gasteiger charge is -2.24. The van der Waals surface area contributed by atoms with E-state index in [0.29, 0.717) is 18.3 Å². The summed E-state index contributed by atoms with van der Waals surface area (Å²) in [6.07, 6.45) is 0. The number of rotatable bonds is 3. The molecule has 1 saturated heterocycles. The number of nitrogens with zero attached hydrogens (tertiary/aromatic N) is 3.